The molecular weight excluding hydrogens is 361 g/mol. The van der Waals surface area contributed by atoms with Crippen LogP contribution in [0.3, 0.4) is 0 Å². The second-order valence-corrected chi connectivity index (χ2v) is 5.36. The highest BCUT2D eigenvalue weighted by Crippen LogP contribution is 2.24. The predicted octanol–water partition coefficient (Wildman–Crippen LogP) is 3.78. The molecule has 0 fully saturated rings. The molecular formula is C19H17ClFNO4. The molecule has 0 aliphatic rings. The van der Waals surface area contributed by atoms with Crippen LogP contribution in [0, 0.1) is 0 Å². The van der Waals surface area contributed by atoms with E-state index in [-0.39, 0.29) is 36.7 Å². The average molecular weight is 378 g/mol. The van der Waals surface area contributed by atoms with Gasteiger partial charge in [0.25, 0.3) is 0 Å². The Morgan fingerprint density at radius 1 is 1.23 bits per heavy atom. The van der Waals surface area contributed by atoms with Gasteiger partial charge in [-0.05, 0) is 35.9 Å². The summed E-state index contributed by atoms with van der Waals surface area (Å²) in [4.78, 5) is 12.6. The fraction of sp³-hybridized carbons (Fsp3) is 0.105. The molecule has 3 rings (SSSR count). The lowest BCUT2D eigenvalue weighted by atomic mass is 10.1. The van der Waals surface area contributed by atoms with Crippen molar-refractivity contribution in [3.8, 4) is 22.6 Å². The molecule has 136 valence electrons. The molecule has 0 spiro atoms. The van der Waals surface area contributed by atoms with E-state index in [1.165, 1.54) is 30.5 Å². The smallest absolute Gasteiger partial charge is 0.200 e. The van der Waals surface area contributed by atoms with Crippen LogP contribution < -0.4 is 15.9 Å². The SMILES string of the molecule is Cl.NCC=C(F)COc1ccc2c(=O)c(-c3ccc(O)cc3)coc2c1. The van der Waals surface area contributed by atoms with Crippen LogP contribution in [-0.4, -0.2) is 18.3 Å². The van der Waals surface area contributed by atoms with E-state index in [1.807, 2.05) is 0 Å². The van der Waals surface area contributed by atoms with Crippen molar-refractivity contribution in [1.29, 1.82) is 0 Å². The number of phenolic OH excluding ortho intramolecular Hbond substituents is 1. The number of aromatic hydroxyl groups is 1. The van der Waals surface area contributed by atoms with Gasteiger partial charge >= 0.3 is 0 Å². The maximum Gasteiger partial charge on any atom is 0.200 e. The van der Waals surface area contributed by atoms with Crippen LogP contribution in [0.5, 0.6) is 11.5 Å². The first-order chi connectivity index (χ1) is 12.1. The Hall–Kier alpha value is -2.83. The first kappa shape index (κ1) is 19.5. The summed E-state index contributed by atoms with van der Waals surface area (Å²) in [6, 6.07) is 11.0. The number of nitrogens with two attached hydrogens (primary N) is 1. The summed E-state index contributed by atoms with van der Waals surface area (Å²) in [7, 11) is 0. The van der Waals surface area contributed by atoms with Crippen molar-refractivity contribution in [3.05, 3.63) is 70.9 Å². The van der Waals surface area contributed by atoms with Gasteiger partial charge in [0.1, 0.15) is 35.8 Å². The molecule has 5 nitrogen and oxygen atoms in total. The number of hydrogen-bond acceptors (Lipinski definition) is 5. The molecule has 26 heavy (non-hydrogen) atoms. The number of rotatable bonds is 5. The van der Waals surface area contributed by atoms with Gasteiger partial charge in [-0.1, -0.05) is 12.1 Å². The Labute approximate surface area is 154 Å². The number of benzene rings is 2. The van der Waals surface area contributed by atoms with Crippen molar-refractivity contribution < 1.29 is 18.7 Å². The summed E-state index contributed by atoms with van der Waals surface area (Å²) in [6.07, 6.45) is 2.58. The van der Waals surface area contributed by atoms with Crippen molar-refractivity contribution in [3.63, 3.8) is 0 Å². The fourth-order valence-corrected chi connectivity index (χ4v) is 2.38. The van der Waals surface area contributed by atoms with Crippen LogP contribution in [0.15, 0.2) is 69.8 Å². The largest absolute Gasteiger partial charge is 0.508 e. The van der Waals surface area contributed by atoms with Crippen molar-refractivity contribution in [2.75, 3.05) is 13.2 Å². The molecule has 0 unspecified atom stereocenters. The summed E-state index contributed by atoms with van der Waals surface area (Å²) < 4.78 is 24.1. The number of halogens is 2. The van der Waals surface area contributed by atoms with Crippen LogP contribution in [-0.2, 0) is 0 Å². The Morgan fingerprint density at radius 2 is 1.96 bits per heavy atom. The molecule has 7 heteroatoms. The third-order valence-electron chi connectivity index (χ3n) is 3.64. The van der Waals surface area contributed by atoms with E-state index in [1.54, 1.807) is 24.3 Å². The molecule has 0 saturated carbocycles. The van der Waals surface area contributed by atoms with Crippen molar-refractivity contribution >= 4 is 23.4 Å². The molecule has 3 N–H and O–H groups in total. The maximum absolute atomic E-state index is 13.3. The molecule has 1 heterocycles. The van der Waals surface area contributed by atoms with Gasteiger partial charge in [-0.3, -0.25) is 4.79 Å². The van der Waals surface area contributed by atoms with E-state index >= 15 is 0 Å². The highest BCUT2D eigenvalue weighted by atomic mass is 35.5. The van der Waals surface area contributed by atoms with Gasteiger partial charge in [0.2, 0.25) is 0 Å². The number of phenols is 1. The summed E-state index contributed by atoms with van der Waals surface area (Å²) in [5.41, 5.74) is 6.39. The van der Waals surface area contributed by atoms with Gasteiger partial charge in [-0.25, -0.2) is 4.39 Å². The quantitative estimate of drug-likeness (QED) is 0.706. The fourth-order valence-electron chi connectivity index (χ4n) is 2.38. The van der Waals surface area contributed by atoms with Crippen molar-refractivity contribution in [2.45, 2.75) is 0 Å². The van der Waals surface area contributed by atoms with Gasteiger partial charge in [-0.2, -0.15) is 0 Å². The van der Waals surface area contributed by atoms with Gasteiger partial charge in [0, 0.05) is 12.6 Å². The molecule has 3 aromatic rings. The molecule has 2 aromatic carbocycles. The second-order valence-electron chi connectivity index (χ2n) is 5.36. The van der Waals surface area contributed by atoms with Crippen molar-refractivity contribution in [1.82, 2.24) is 0 Å². The summed E-state index contributed by atoms with van der Waals surface area (Å²) in [5, 5.41) is 9.73. The van der Waals surface area contributed by atoms with Crippen LogP contribution in [0.25, 0.3) is 22.1 Å². The minimum atomic E-state index is -0.466. The molecule has 0 atom stereocenters. The lowest BCUT2D eigenvalue weighted by Gasteiger charge is -2.07. The van der Waals surface area contributed by atoms with E-state index < -0.39 is 5.83 Å². The Kier molecular flexibility index (Phi) is 6.38. The minimum Gasteiger partial charge on any atom is -0.508 e. The first-order valence-corrected chi connectivity index (χ1v) is 7.61. The van der Waals surface area contributed by atoms with E-state index in [2.05, 4.69) is 0 Å². The molecule has 0 aliphatic carbocycles. The lowest BCUT2D eigenvalue weighted by molar-refractivity contribution is 0.318. The zero-order valence-corrected chi connectivity index (χ0v) is 14.5. The third-order valence-corrected chi connectivity index (χ3v) is 3.64. The normalized spacial score (nSPS) is 11.2. The zero-order chi connectivity index (χ0) is 17.8. The molecule has 1 aromatic heterocycles. The second kappa shape index (κ2) is 8.51. The highest BCUT2D eigenvalue weighted by molar-refractivity contribution is 5.85. The standard InChI is InChI=1S/C19H16FNO4.ClH/c20-13(7-8-21)10-24-15-5-6-16-18(9-15)25-11-17(19(16)23)12-1-3-14(22)4-2-12;/h1-7,9,11,22H,8,10,21H2;1H. The van der Waals surface area contributed by atoms with E-state index in [0.717, 1.165) is 0 Å². The monoisotopic (exact) mass is 377 g/mol. The van der Waals surface area contributed by atoms with Crippen LogP contribution in [0.4, 0.5) is 4.39 Å². The average Bonchev–Trinajstić information content (AvgIpc) is 2.61. The number of hydrogen-bond donors (Lipinski definition) is 2. The summed E-state index contributed by atoms with van der Waals surface area (Å²) in [6.45, 7) is -0.139. The Bertz CT molecular complexity index is 983. The molecule has 0 radical (unpaired) electrons. The zero-order valence-electron chi connectivity index (χ0n) is 13.6. The first-order valence-electron chi connectivity index (χ1n) is 7.61. The van der Waals surface area contributed by atoms with Crippen molar-refractivity contribution in [2.24, 2.45) is 5.73 Å². The predicted molar refractivity (Wildman–Crippen MR) is 101 cm³/mol. The topological polar surface area (TPSA) is 85.7 Å². The van der Waals surface area contributed by atoms with Gasteiger partial charge in [0.05, 0.1) is 10.9 Å². The number of ether oxygens (including phenoxy) is 1. The lowest BCUT2D eigenvalue weighted by Crippen LogP contribution is -2.05. The van der Waals surface area contributed by atoms with E-state index in [4.69, 9.17) is 14.9 Å². The van der Waals surface area contributed by atoms with Gasteiger partial charge in [0.15, 0.2) is 5.43 Å². The Morgan fingerprint density at radius 3 is 2.65 bits per heavy atom. The molecule has 0 aliphatic heterocycles. The third kappa shape index (κ3) is 4.22. The highest BCUT2D eigenvalue weighted by Gasteiger charge is 2.10. The van der Waals surface area contributed by atoms with Gasteiger partial charge in [-0.15, -0.1) is 12.4 Å². The summed E-state index contributed by atoms with van der Waals surface area (Å²) in [5.74, 6) is 0.0342. The van der Waals surface area contributed by atoms with Crippen LogP contribution in [0.2, 0.25) is 0 Å². The molecule has 0 bridgehead atoms. The maximum atomic E-state index is 13.3. The number of fused-ring (bicyclic) bond motifs is 1. The molecule has 0 saturated heterocycles. The minimum absolute atomic E-state index is 0. The summed E-state index contributed by atoms with van der Waals surface area (Å²) >= 11 is 0. The Balaban J connectivity index is 0.00000243. The van der Waals surface area contributed by atoms with E-state index in [9.17, 15) is 14.3 Å². The molecule has 0 amide bonds. The van der Waals surface area contributed by atoms with Gasteiger partial charge < -0.3 is 20.0 Å². The van der Waals surface area contributed by atoms with E-state index in [0.29, 0.717) is 27.8 Å². The van der Waals surface area contributed by atoms with Crippen LogP contribution in [0.1, 0.15) is 0 Å². The van der Waals surface area contributed by atoms with Crippen LogP contribution >= 0.6 is 12.4 Å².